The molecule has 1 heterocycles. The lowest BCUT2D eigenvalue weighted by molar-refractivity contribution is 0.164. The normalized spacial score (nSPS) is 11.2. The molecule has 0 unspecified atom stereocenters. The molecule has 0 amide bonds. The van der Waals surface area contributed by atoms with Gasteiger partial charge in [-0.2, -0.15) is 4.98 Å². The summed E-state index contributed by atoms with van der Waals surface area (Å²) in [7, 11) is 0. The number of nitrogens with zero attached hydrogens (tertiary/aromatic N) is 2. The number of ether oxygens (including phenoxy) is 1. The zero-order valence-electron chi connectivity index (χ0n) is 11.7. The maximum atomic E-state index is 5.70. The Bertz CT molecular complexity index is 447. The molecule has 0 radical (unpaired) electrons. The monoisotopic (exact) mass is 247 g/mol. The number of terminal acetylenes is 1. The molecule has 0 atom stereocenters. The van der Waals surface area contributed by atoms with E-state index in [1.807, 2.05) is 34.6 Å². The van der Waals surface area contributed by atoms with Crippen LogP contribution in [0, 0.1) is 12.3 Å². The van der Waals surface area contributed by atoms with Gasteiger partial charge in [-0.05, 0) is 20.8 Å². The lowest BCUT2D eigenvalue weighted by Crippen LogP contribution is -2.26. The van der Waals surface area contributed by atoms with Gasteiger partial charge < -0.3 is 10.1 Å². The quantitative estimate of drug-likeness (QED) is 0.813. The third kappa shape index (κ3) is 3.92. The Hall–Kier alpha value is -1.76. The summed E-state index contributed by atoms with van der Waals surface area (Å²) in [5, 5.41) is 3.16. The number of aromatic nitrogens is 2. The average molecular weight is 247 g/mol. The minimum atomic E-state index is -0.675. The van der Waals surface area contributed by atoms with Gasteiger partial charge in [-0.1, -0.05) is 19.8 Å². The van der Waals surface area contributed by atoms with E-state index in [9.17, 15) is 0 Å². The summed E-state index contributed by atoms with van der Waals surface area (Å²) in [5.41, 5.74) is -0.675. The SMILES string of the molecule is C#CC(C)(C)Oc1cc(NCC)nc(C(C)C)n1. The average Bonchev–Trinajstić information content (AvgIpc) is 2.28. The van der Waals surface area contributed by atoms with E-state index in [0.717, 1.165) is 18.2 Å². The molecule has 4 nitrogen and oxygen atoms in total. The van der Waals surface area contributed by atoms with Gasteiger partial charge in [-0.3, -0.25) is 0 Å². The Kier molecular flexibility index (Phi) is 4.55. The number of rotatable bonds is 5. The van der Waals surface area contributed by atoms with Crippen molar-refractivity contribution in [2.45, 2.75) is 46.1 Å². The lowest BCUT2D eigenvalue weighted by Gasteiger charge is -2.20. The molecule has 0 aliphatic carbocycles. The molecule has 1 rings (SSSR count). The molecule has 0 bridgehead atoms. The smallest absolute Gasteiger partial charge is 0.220 e. The fourth-order valence-electron chi connectivity index (χ4n) is 1.32. The highest BCUT2D eigenvalue weighted by Crippen LogP contribution is 2.21. The summed E-state index contributed by atoms with van der Waals surface area (Å²) in [4.78, 5) is 8.80. The molecular weight excluding hydrogens is 226 g/mol. The van der Waals surface area contributed by atoms with Crippen molar-refractivity contribution in [3.8, 4) is 18.2 Å². The number of anilines is 1. The van der Waals surface area contributed by atoms with Crippen LogP contribution in [-0.2, 0) is 0 Å². The van der Waals surface area contributed by atoms with Crippen molar-refractivity contribution in [2.24, 2.45) is 0 Å². The Morgan fingerprint density at radius 2 is 2.11 bits per heavy atom. The summed E-state index contributed by atoms with van der Waals surface area (Å²) in [6.07, 6.45) is 5.41. The zero-order valence-corrected chi connectivity index (χ0v) is 11.7. The maximum Gasteiger partial charge on any atom is 0.220 e. The molecule has 4 heteroatoms. The Labute approximate surface area is 109 Å². The van der Waals surface area contributed by atoms with Crippen molar-refractivity contribution >= 4 is 5.82 Å². The van der Waals surface area contributed by atoms with Crippen LogP contribution in [0.5, 0.6) is 5.88 Å². The van der Waals surface area contributed by atoms with E-state index < -0.39 is 5.60 Å². The van der Waals surface area contributed by atoms with Crippen LogP contribution in [0.1, 0.15) is 46.4 Å². The van der Waals surface area contributed by atoms with Crippen LogP contribution in [0.3, 0.4) is 0 Å². The molecule has 0 aliphatic heterocycles. The van der Waals surface area contributed by atoms with Gasteiger partial charge in [0.2, 0.25) is 5.88 Å². The van der Waals surface area contributed by atoms with E-state index in [1.54, 1.807) is 6.07 Å². The molecule has 1 aromatic rings. The Balaban J connectivity index is 3.07. The van der Waals surface area contributed by atoms with Crippen molar-refractivity contribution in [3.63, 3.8) is 0 Å². The molecule has 0 saturated heterocycles. The first kappa shape index (κ1) is 14.3. The number of hydrogen-bond acceptors (Lipinski definition) is 4. The van der Waals surface area contributed by atoms with E-state index in [0.29, 0.717) is 5.88 Å². The highest BCUT2D eigenvalue weighted by atomic mass is 16.5. The van der Waals surface area contributed by atoms with Crippen LogP contribution in [-0.4, -0.2) is 22.1 Å². The van der Waals surface area contributed by atoms with Gasteiger partial charge in [0, 0.05) is 18.5 Å². The molecule has 1 aromatic heterocycles. The summed E-state index contributed by atoms with van der Waals surface area (Å²) in [6.45, 7) is 10.6. The summed E-state index contributed by atoms with van der Waals surface area (Å²) in [5.74, 6) is 4.84. The van der Waals surface area contributed by atoms with Gasteiger partial charge in [0.25, 0.3) is 0 Å². The fourth-order valence-corrected chi connectivity index (χ4v) is 1.32. The molecule has 0 fully saturated rings. The topological polar surface area (TPSA) is 47.0 Å². The number of nitrogens with one attached hydrogen (secondary N) is 1. The van der Waals surface area contributed by atoms with E-state index in [4.69, 9.17) is 11.2 Å². The Morgan fingerprint density at radius 1 is 1.44 bits per heavy atom. The zero-order chi connectivity index (χ0) is 13.8. The molecule has 1 N–H and O–H groups in total. The maximum absolute atomic E-state index is 5.70. The minimum absolute atomic E-state index is 0.236. The van der Waals surface area contributed by atoms with Crippen molar-refractivity contribution in [1.29, 1.82) is 0 Å². The second kappa shape index (κ2) is 5.72. The van der Waals surface area contributed by atoms with Crippen LogP contribution < -0.4 is 10.1 Å². The van der Waals surface area contributed by atoms with E-state index in [-0.39, 0.29) is 5.92 Å². The van der Waals surface area contributed by atoms with Crippen LogP contribution in [0.2, 0.25) is 0 Å². The molecule has 0 aliphatic rings. The molecule has 18 heavy (non-hydrogen) atoms. The second-order valence-corrected chi connectivity index (χ2v) is 4.89. The van der Waals surface area contributed by atoms with Gasteiger partial charge in [0.1, 0.15) is 11.6 Å². The first-order valence-electron chi connectivity index (χ1n) is 6.17. The predicted molar refractivity (Wildman–Crippen MR) is 73.8 cm³/mol. The van der Waals surface area contributed by atoms with Gasteiger partial charge in [-0.25, -0.2) is 4.98 Å². The molecule has 0 aromatic carbocycles. The van der Waals surface area contributed by atoms with Crippen molar-refractivity contribution in [2.75, 3.05) is 11.9 Å². The lowest BCUT2D eigenvalue weighted by atomic mass is 10.1. The predicted octanol–water partition coefficient (Wildman–Crippen LogP) is 2.82. The van der Waals surface area contributed by atoms with Gasteiger partial charge >= 0.3 is 0 Å². The molecule has 98 valence electrons. The van der Waals surface area contributed by atoms with Crippen molar-refractivity contribution in [3.05, 3.63) is 11.9 Å². The van der Waals surface area contributed by atoms with E-state index in [2.05, 4.69) is 21.2 Å². The Morgan fingerprint density at radius 3 is 2.61 bits per heavy atom. The van der Waals surface area contributed by atoms with Crippen molar-refractivity contribution < 1.29 is 4.74 Å². The van der Waals surface area contributed by atoms with Crippen LogP contribution in [0.25, 0.3) is 0 Å². The summed E-state index contributed by atoms with van der Waals surface area (Å²) >= 11 is 0. The standard InChI is InChI=1S/C14H21N3O/c1-7-14(5,6)18-12-9-11(15-8-2)16-13(17-12)10(3)4/h1,9-10H,8H2,2-6H3,(H,15,16,17). The fraction of sp³-hybridized carbons (Fsp3) is 0.571. The number of hydrogen-bond donors (Lipinski definition) is 1. The second-order valence-electron chi connectivity index (χ2n) is 4.89. The van der Waals surface area contributed by atoms with E-state index in [1.165, 1.54) is 0 Å². The van der Waals surface area contributed by atoms with Crippen LogP contribution in [0.15, 0.2) is 6.07 Å². The first-order valence-corrected chi connectivity index (χ1v) is 6.17. The summed E-state index contributed by atoms with van der Waals surface area (Å²) < 4.78 is 5.70. The van der Waals surface area contributed by atoms with Crippen LogP contribution >= 0.6 is 0 Å². The molecule has 0 spiro atoms. The third-order valence-corrected chi connectivity index (χ3v) is 2.30. The highest BCUT2D eigenvalue weighted by molar-refractivity contribution is 5.39. The molecule has 0 saturated carbocycles. The van der Waals surface area contributed by atoms with Gasteiger partial charge in [0.05, 0.1) is 0 Å². The van der Waals surface area contributed by atoms with E-state index >= 15 is 0 Å². The first-order chi connectivity index (χ1) is 8.38. The largest absolute Gasteiger partial charge is 0.458 e. The third-order valence-electron chi connectivity index (χ3n) is 2.30. The highest BCUT2D eigenvalue weighted by Gasteiger charge is 2.18. The molecular formula is C14H21N3O. The van der Waals surface area contributed by atoms with Gasteiger partial charge in [-0.15, -0.1) is 6.42 Å². The van der Waals surface area contributed by atoms with Gasteiger partial charge in [0.15, 0.2) is 5.60 Å². The van der Waals surface area contributed by atoms with Crippen LogP contribution in [0.4, 0.5) is 5.82 Å². The summed E-state index contributed by atoms with van der Waals surface area (Å²) in [6, 6.07) is 1.77. The van der Waals surface area contributed by atoms with Crippen molar-refractivity contribution in [1.82, 2.24) is 9.97 Å². The minimum Gasteiger partial charge on any atom is -0.458 e.